The summed E-state index contributed by atoms with van der Waals surface area (Å²) in [5, 5.41) is 2.96. The third-order valence-electron chi connectivity index (χ3n) is 4.55. The van der Waals surface area contributed by atoms with Gasteiger partial charge in [-0.1, -0.05) is 0 Å². The number of benzene rings is 1. The normalized spacial score (nSPS) is 15.6. The number of rotatable bonds is 6. The lowest BCUT2D eigenvalue weighted by molar-refractivity contribution is -0.906. The van der Waals surface area contributed by atoms with E-state index in [-0.39, 0.29) is 5.91 Å². The molecule has 0 aliphatic heterocycles. The van der Waals surface area contributed by atoms with E-state index in [2.05, 4.69) is 19.4 Å². The van der Waals surface area contributed by atoms with Crippen molar-refractivity contribution in [3.05, 3.63) is 18.2 Å². The van der Waals surface area contributed by atoms with Gasteiger partial charge in [0.05, 0.1) is 40.0 Å². The molecule has 1 amide bonds. The van der Waals surface area contributed by atoms with Crippen molar-refractivity contribution in [3.63, 3.8) is 0 Å². The number of hydrogen-bond donors (Lipinski definition) is 1. The van der Waals surface area contributed by atoms with Crippen LogP contribution in [0.25, 0.3) is 0 Å². The zero-order valence-electron chi connectivity index (χ0n) is 14.0. The molecule has 0 unspecified atom stereocenters. The number of likely N-dealkylation sites (N-methyl/N-ethyl adjacent to an activating group) is 1. The summed E-state index contributed by atoms with van der Waals surface area (Å²) in [6.07, 6.45) is 4.97. The molecule has 5 heteroatoms. The van der Waals surface area contributed by atoms with Crippen LogP contribution in [0.1, 0.15) is 25.7 Å². The second-order valence-electron chi connectivity index (χ2n) is 6.49. The Labute approximate surface area is 132 Å². The number of anilines is 1. The molecule has 1 saturated carbocycles. The minimum Gasteiger partial charge on any atom is -0.497 e. The number of quaternary nitrogens is 1. The Morgan fingerprint density at radius 3 is 2.50 bits per heavy atom. The Bertz CT molecular complexity index is 523. The molecule has 5 nitrogen and oxygen atoms in total. The predicted molar refractivity (Wildman–Crippen MR) is 87.4 cm³/mol. The number of hydrogen-bond acceptors (Lipinski definition) is 3. The Morgan fingerprint density at radius 2 is 1.91 bits per heavy atom. The zero-order chi connectivity index (χ0) is 16.2. The summed E-state index contributed by atoms with van der Waals surface area (Å²) in [5.74, 6) is 1.34. The van der Waals surface area contributed by atoms with Crippen molar-refractivity contribution < 1.29 is 18.8 Å². The lowest BCUT2D eigenvalue weighted by Gasteiger charge is -2.35. The van der Waals surface area contributed by atoms with Gasteiger partial charge in [0.25, 0.3) is 5.91 Å². The summed E-state index contributed by atoms with van der Waals surface area (Å²) in [5.41, 5.74) is 0.651. The van der Waals surface area contributed by atoms with Crippen molar-refractivity contribution in [2.24, 2.45) is 0 Å². The minimum absolute atomic E-state index is 0.00320. The van der Waals surface area contributed by atoms with Crippen LogP contribution < -0.4 is 14.8 Å². The topological polar surface area (TPSA) is 47.6 Å². The van der Waals surface area contributed by atoms with Gasteiger partial charge in [-0.2, -0.15) is 0 Å². The highest BCUT2D eigenvalue weighted by Crippen LogP contribution is 2.30. The number of ether oxygens (including phenoxy) is 2. The van der Waals surface area contributed by atoms with E-state index in [1.807, 2.05) is 6.07 Å². The van der Waals surface area contributed by atoms with Crippen molar-refractivity contribution >= 4 is 11.6 Å². The standard InChI is InChI=1S/C17H26N2O3/c1-19(2,13-7-5-6-8-13)12-17(20)18-15-11-14(21-3)9-10-16(15)22-4/h9-11,13H,5-8,12H2,1-4H3/p+1. The molecule has 2 rings (SSSR count). The van der Waals surface area contributed by atoms with Crippen LogP contribution in [0.3, 0.4) is 0 Å². The Balaban J connectivity index is 2.05. The van der Waals surface area contributed by atoms with Crippen molar-refractivity contribution in [2.75, 3.05) is 40.2 Å². The molecule has 1 aliphatic carbocycles. The van der Waals surface area contributed by atoms with Crippen molar-refractivity contribution in [2.45, 2.75) is 31.7 Å². The molecular weight excluding hydrogens is 280 g/mol. The second-order valence-corrected chi connectivity index (χ2v) is 6.49. The average Bonchev–Trinajstić information content (AvgIpc) is 3.01. The van der Waals surface area contributed by atoms with Crippen molar-refractivity contribution in [3.8, 4) is 11.5 Å². The van der Waals surface area contributed by atoms with Crippen molar-refractivity contribution in [1.82, 2.24) is 0 Å². The fourth-order valence-corrected chi connectivity index (χ4v) is 3.20. The quantitative estimate of drug-likeness (QED) is 0.822. The number of nitrogens with zero attached hydrogens (tertiary/aromatic N) is 1. The molecule has 1 N–H and O–H groups in total. The molecular formula is C17H27N2O3+. The number of amides is 1. The molecule has 122 valence electrons. The monoisotopic (exact) mass is 307 g/mol. The molecule has 0 aromatic heterocycles. The van der Waals surface area contributed by atoms with E-state index in [1.165, 1.54) is 25.7 Å². The zero-order valence-corrected chi connectivity index (χ0v) is 14.0. The molecule has 1 fully saturated rings. The Hall–Kier alpha value is -1.75. The van der Waals surface area contributed by atoms with E-state index < -0.39 is 0 Å². The SMILES string of the molecule is COc1ccc(OC)c(NC(=O)C[N+](C)(C)C2CCCC2)c1. The first-order chi connectivity index (χ1) is 10.5. The fourth-order valence-electron chi connectivity index (χ4n) is 3.20. The van der Waals surface area contributed by atoms with Crippen LogP contribution in [-0.4, -0.2) is 51.3 Å². The number of carbonyl (C=O) groups is 1. The summed E-state index contributed by atoms with van der Waals surface area (Å²) in [6, 6.07) is 5.98. The van der Waals surface area contributed by atoms with Gasteiger partial charge >= 0.3 is 0 Å². The molecule has 0 radical (unpaired) electrons. The molecule has 0 saturated heterocycles. The largest absolute Gasteiger partial charge is 0.497 e. The van der Waals surface area contributed by atoms with E-state index in [4.69, 9.17) is 9.47 Å². The number of methoxy groups -OCH3 is 2. The van der Waals surface area contributed by atoms with E-state index in [0.717, 1.165) is 4.48 Å². The van der Waals surface area contributed by atoms with Gasteiger partial charge in [-0.05, 0) is 37.8 Å². The third-order valence-corrected chi connectivity index (χ3v) is 4.55. The van der Waals surface area contributed by atoms with Gasteiger partial charge in [-0.3, -0.25) is 4.79 Å². The Kier molecular flexibility index (Phi) is 5.29. The highest BCUT2D eigenvalue weighted by atomic mass is 16.5. The highest BCUT2D eigenvalue weighted by molar-refractivity contribution is 5.93. The maximum Gasteiger partial charge on any atom is 0.279 e. The Morgan fingerprint density at radius 1 is 1.23 bits per heavy atom. The summed E-state index contributed by atoms with van der Waals surface area (Å²) in [4.78, 5) is 12.4. The van der Waals surface area contributed by atoms with Crippen LogP contribution in [0.2, 0.25) is 0 Å². The maximum absolute atomic E-state index is 12.4. The lowest BCUT2D eigenvalue weighted by atomic mass is 10.2. The van der Waals surface area contributed by atoms with E-state index in [1.54, 1.807) is 26.4 Å². The average molecular weight is 307 g/mol. The van der Waals surface area contributed by atoms with Gasteiger partial charge in [0, 0.05) is 6.07 Å². The highest BCUT2D eigenvalue weighted by Gasteiger charge is 2.33. The fraction of sp³-hybridized carbons (Fsp3) is 0.588. The minimum atomic E-state index is 0.00320. The van der Waals surface area contributed by atoms with Crippen LogP contribution >= 0.6 is 0 Å². The van der Waals surface area contributed by atoms with Crippen LogP contribution in [0, 0.1) is 0 Å². The summed E-state index contributed by atoms with van der Waals surface area (Å²) in [6.45, 7) is 0.463. The maximum atomic E-state index is 12.4. The van der Waals surface area contributed by atoms with E-state index in [0.29, 0.717) is 29.8 Å². The van der Waals surface area contributed by atoms with E-state index >= 15 is 0 Å². The van der Waals surface area contributed by atoms with Crippen LogP contribution in [0.15, 0.2) is 18.2 Å². The lowest BCUT2D eigenvalue weighted by Crippen LogP contribution is -2.51. The van der Waals surface area contributed by atoms with Gasteiger partial charge < -0.3 is 19.3 Å². The molecule has 1 aromatic carbocycles. The summed E-state index contributed by atoms with van der Waals surface area (Å²) < 4.78 is 11.2. The molecule has 1 aliphatic rings. The first-order valence-corrected chi connectivity index (χ1v) is 7.81. The first-order valence-electron chi connectivity index (χ1n) is 7.81. The molecule has 0 spiro atoms. The smallest absolute Gasteiger partial charge is 0.279 e. The predicted octanol–water partition coefficient (Wildman–Crippen LogP) is 2.66. The number of carbonyl (C=O) groups excluding carboxylic acids is 1. The van der Waals surface area contributed by atoms with Crippen molar-refractivity contribution in [1.29, 1.82) is 0 Å². The summed E-state index contributed by atoms with van der Waals surface area (Å²) in [7, 11) is 7.47. The molecule has 1 aromatic rings. The van der Waals surface area contributed by atoms with Gasteiger partial charge in [0.1, 0.15) is 11.5 Å². The first kappa shape index (κ1) is 16.6. The van der Waals surface area contributed by atoms with Crippen LogP contribution in [0.5, 0.6) is 11.5 Å². The van der Waals surface area contributed by atoms with Crippen LogP contribution in [0.4, 0.5) is 5.69 Å². The van der Waals surface area contributed by atoms with Gasteiger partial charge in [0.2, 0.25) is 0 Å². The molecule has 22 heavy (non-hydrogen) atoms. The van der Waals surface area contributed by atoms with Crippen LogP contribution in [-0.2, 0) is 4.79 Å². The number of nitrogens with one attached hydrogen (secondary N) is 1. The van der Waals surface area contributed by atoms with Gasteiger partial charge in [0.15, 0.2) is 6.54 Å². The second kappa shape index (κ2) is 7.01. The third kappa shape index (κ3) is 3.91. The molecule has 0 atom stereocenters. The van der Waals surface area contributed by atoms with Gasteiger partial charge in [-0.15, -0.1) is 0 Å². The van der Waals surface area contributed by atoms with E-state index in [9.17, 15) is 4.79 Å². The summed E-state index contributed by atoms with van der Waals surface area (Å²) >= 11 is 0. The molecule has 0 bridgehead atoms. The van der Waals surface area contributed by atoms with Gasteiger partial charge in [-0.25, -0.2) is 0 Å². The molecule has 0 heterocycles.